The maximum atomic E-state index is 14.3. The summed E-state index contributed by atoms with van der Waals surface area (Å²) in [6.45, 7) is 3.78. The number of amides is 3. The Morgan fingerprint density at radius 2 is 1.77 bits per heavy atom. The van der Waals surface area contributed by atoms with Crippen LogP contribution in [0.25, 0.3) is 0 Å². The molecule has 0 spiro atoms. The molecule has 0 bridgehead atoms. The molecular weight excluding hydrogens is 387 g/mol. The molecule has 30 heavy (non-hydrogen) atoms. The zero-order chi connectivity index (χ0) is 21.7. The van der Waals surface area contributed by atoms with Gasteiger partial charge in [0.2, 0.25) is 5.91 Å². The Hall–Kier alpha value is -3.42. The predicted octanol–water partition coefficient (Wildman–Crippen LogP) is 2.20. The average molecular weight is 412 g/mol. The zero-order valence-corrected chi connectivity index (χ0v) is 16.9. The second kappa shape index (κ2) is 9.39. The number of nitrogens with two attached hydrogens (primary N) is 1. The molecule has 1 heterocycles. The molecule has 2 aromatic rings. The van der Waals surface area contributed by atoms with E-state index in [4.69, 9.17) is 5.73 Å². The normalized spacial score (nSPS) is 13.8. The minimum atomic E-state index is -0.480. The van der Waals surface area contributed by atoms with E-state index in [-0.39, 0.29) is 11.8 Å². The van der Waals surface area contributed by atoms with Gasteiger partial charge < -0.3 is 20.9 Å². The fourth-order valence-corrected chi connectivity index (χ4v) is 3.44. The van der Waals surface area contributed by atoms with Crippen molar-refractivity contribution in [1.82, 2.24) is 10.2 Å². The molecule has 0 aliphatic carbocycles. The van der Waals surface area contributed by atoms with Crippen molar-refractivity contribution in [2.24, 2.45) is 5.73 Å². The molecule has 8 heteroatoms. The Labute approximate surface area is 174 Å². The third-order valence-electron chi connectivity index (χ3n) is 5.16. The van der Waals surface area contributed by atoms with E-state index in [0.29, 0.717) is 56.0 Å². The number of anilines is 1. The molecule has 0 saturated carbocycles. The lowest BCUT2D eigenvalue weighted by molar-refractivity contribution is 0.0996. The van der Waals surface area contributed by atoms with Crippen molar-refractivity contribution < 1.29 is 18.8 Å². The van der Waals surface area contributed by atoms with Gasteiger partial charge in [0.25, 0.3) is 0 Å². The van der Waals surface area contributed by atoms with Gasteiger partial charge in [-0.15, -0.1) is 0 Å². The van der Waals surface area contributed by atoms with Crippen molar-refractivity contribution in [3.8, 4) is 0 Å². The number of rotatable bonds is 6. The molecule has 1 saturated heterocycles. The van der Waals surface area contributed by atoms with Crippen LogP contribution in [-0.2, 0) is 6.42 Å². The second-order valence-electron chi connectivity index (χ2n) is 7.24. The van der Waals surface area contributed by atoms with Crippen LogP contribution in [0.1, 0.15) is 33.2 Å². The zero-order valence-electron chi connectivity index (χ0n) is 16.9. The highest BCUT2D eigenvalue weighted by molar-refractivity contribution is 5.94. The van der Waals surface area contributed by atoms with Gasteiger partial charge in [0.15, 0.2) is 5.78 Å². The van der Waals surface area contributed by atoms with Crippen LogP contribution < -0.4 is 16.0 Å². The largest absolute Gasteiger partial charge is 0.366 e. The van der Waals surface area contributed by atoms with Crippen LogP contribution in [0.3, 0.4) is 0 Å². The first kappa shape index (κ1) is 21.3. The minimum absolute atomic E-state index is 0.173. The van der Waals surface area contributed by atoms with Gasteiger partial charge in [-0.3, -0.25) is 9.59 Å². The van der Waals surface area contributed by atoms with Gasteiger partial charge in [-0.25, -0.2) is 9.18 Å². The molecule has 3 N–H and O–H groups in total. The minimum Gasteiger partial charge on any atom is -0.366 e. The number of urea groups is 1. The number of halogens is 1. The number of nitrogens with zero attached hydrogens (tertiary/aromatic N) is 2. The number of nitrogens with one attached hydrogen (secondary N) is 1. The van der Waals surface area contributed by atoms with Crippen LogP contribution in [0.2, 0.25) is 0 Å². The van der Waals surface area contributed by atoms with Crippen LogP contribution in [0.5, 0.6) is 0 Å². The van der Waals surface area contributed by atoms with E-state index in [2.05, 4.69) is 5.32 Å². The van der Waals surface area contributed by atoms with E-state index in [1.165, 1.54) is 13.0 Å². The van der Waals surface area contributed by atoms with E-state index < -0.39 is 11.7 Å². The first-order valence-corrected chi connectivity index (χ1v) is 9.82. The Bertz CT molecular complexity index is 955. The van der Waals surface area contributed by atoms with Crippen molar-refractivity contribution in [3.63, 3.8) is 0 Å². The van der Waals surface area contributed by atoms with E-state index in [9.17, 15) is 18.8 Å². The van der Waals surface area contributed by atoms with Gasteiger partial charge in [0.05, 0.1) is 5.69 Å². The lowest BCUT2D eigenvalue weighted by Crippen LogP contribution is -2.52. The van der Waals surface area contributed by atoms with Crippen LogP contribution >= 0.6 is 0 Å². The standard InChI is InChI=1S/C22H25FN4O3/c1-15(28)17-5-6-20(19(23)14-17)26-9-11-27(12-10-26)22(30)25-8-7-16-3-2-4-18(13-16)21(24)29/h2-6,13-14H,7-12H2,1H3,(H2,24,29)(H,25,30). The molecule has 3 rings (SSSR count). The summed E-state index contributed by atoms with van der Waals surface area (Å²) >= 11 is 0. The molecule has 158 valence electrons. The summed E-state index contributed by atoms with van der Waals surface area (Å²) in [4.78, 5) is 38.6. The molecule has 1 aliphatic heterocycles. The average Bonchev–Trinajstić information content (AvgIpc) is 2.74. The molecule has 0 aromatic heterocycles. The van der Waals surface area contributed by atoms with E-state index in [1.54, 1.807) is 35.2 Å². The summed E-state index contributed by atoms with van der Waals surface area (Å²) < 4.78 is 14.3. The van der Waals surface area contributed by atoms with Crippen LogP contribution in [0.15, 0.2) is 42.5 Å². The molecule has 0 atom stereocenters. The summed E-state index contributed by atoms with van der Waals surface area (Å²) in [5.41, 5.74) is 7.43. The van der Waals surface area contributed by atoms with Crippen LogP contribution in [0, 0.1) is 5.82 Å². The Balaban J connectivity index is 1.48. The number of primary amides is 1. The Morgan fingerprint density at radius 3 is 2.40 bits per heavy atom. The lowest BCUT2D eigenvalue weighted by atomic mass is 10.1. The molecule has 1 aliphatic rings. The van der Waals surface area contributed by atoms with Gasteiger partial charge in [0.1, 0.15) is 5.82 Å². The predicted molar refractivity (Wildman–Crippen MR) is 112 cm³/mol. The second-order valence-corrected chi connectivity index (χ2v) is 7.24. The van der Waals surface area contributed by atoms with Gasteiger partial charge >= 0.3 is 6.03 Å². The lowest BCUT2D eigenvalue weighted by Gasteiger charge is -2.36. The summed E-state index contributed by atoms with van der Waals surface area (Å²) in [5, 5.41) is 2.88. The number of ketones is 1. The Morgan fingerprint density at radius 1 is 1.03 bits per heavy atom. The summed E-state index contributed by atoms with van der Waals surface area (Å²) in [7, 11) is 0. The first-order valence-electron chi connectivity index (χ1n) is 9.82. The third-order valence-corrected chi connectivity index (χ3v) is 5.16. The smallest absolute Gasteiger partial charge is 0.317 e. The Kier molecular flexibility index (Phi) is 6.66. The fraction of sp³-hybridized carbons (Fsp3) is 0.318. The number of carbonyl (C=O) groups excluding carboxylic acids is 3. The number of hydrogen-bond donors (Lipinski definition) is 2. The van der Waals surface area contributed by atoms with E-state index in [1.807, 2.05) is 11.0 Å². The third kappa shape index (κ3) is 5.14. The van der Waals surface area contributed by atoms with Crippen molar-refractivity contribution >= 4 is 23.4 Å². The van der Waals surface area contributed by atoms with Gasteiger partial charge in [-0.05, 0) is 49.2 Å². The monoisotopic (exact) mass is 412 g/mol. The van der Waals surface area contributed by atoms with Crippen molar-refractivity contribution in [2.75, 3.05) is 37.6 Å². The molecule has 0 unspecified atom stereocenters. The molecule has 2 aromatic carbocycles. The number of piperazine rings is 1. The van der Waals surface area contributed by atoms with E-state index >= 15 is 0 Å². The summed E-state index contributed by atoms with van der Waals surface area (Å²) in [6.07, 6.45) is 0.584. The highest BCUT2D eigenvalue weighted by Crippen LogP contribution is 2.22. The number of benzene rings is 2. The number of hydrogen-bond acceptors (Lipinski definition) is 4. The highest BCUT2D eigenvalue weighted by Gasteiger charge is 2.23. The molecule has 0 radical (unpaired) electrons. The number of carbonyl (C=O) groups is 3. The summed E-state index contributed by atoms with van der Waals surface area (Å²) in [5.74, 6) is -1.09. The topological polar surface area (TPSA) is 95.7 Å². The maximum absolute atomic E-state index is 14.3. The first-order chi connectivity index (χ1) is 14.3. The van der Waals surface area contributed by atoms with Crippen molar-refractivity contribution in [3.05, 3.63) is 65.0 Å². The summed E-state index contributed by atoms with van der Waals surface area (Å²) in [6, 6.07) is 11.3. The van der Waals surface area contributed by atoms with Gasteiger partial charge in [0, 0.05) is 43.9 Å². The van der Waals surface area contributed by atoms with Gasteiger partial charge in [-0.1, -0.05) is 12.1 Å². The van der Waals surface area contributed by atoms with Crippen molar-refractivity contribution in [1.29, 1.82) is 0 Å². The molecule has 1 fully saturated rings. The maximum Gasteiger partial charge on any atom is 0.317 e. The number of Topliss-reactive ketones (excluding diaryl/α,β-unsaturated/α-hetero) is 1. The SMILES string of the molecule is CC(=O)c1ccc(N2CCN(C(=O)NCCc3cccc(C(N)=O)c3)CC2)c(F)c1. The van der Waals surface area contributed by atoms with Crippen molar-refractivity contribution in [2.45, 2.75) is 13.3 Å². The molecule has 7 nitrogen and oxygen atoms in total. The quantitative estimate of drug-likeness (QED) is 0.711. The van der Waals surface area contributed by atoms with E-state index in [0.717, 1.165) is 5.56 Å². The van der Waals surface area contributed by atoms with Gasteiger partial charge in [-0.2, -0.15) is 0 Å². The fourth-order valence-electron chi connectivity index (χ4n) is 3.44. The van der Waals surface area contributed by atoms with Crippen LogP contribution in [-0.4, -0.2) is 55.3 Å². The molecular formula is C22H25FN4O3. The molecule has 3 amide bonds. The highest BCUT2D eigenvalue weighted by atomic mass is 19.1. The van der Waals surface area contributed by atoms with Crippen LogP contribution in [0.4, 0.5) is 14.9 Å².